The summed E-state index contributed by atoms with van der Waals surface area (Å²) in [6.07, 6.45) is 2.47. The highest BCUT2D eigenvalue weighted by atomic mass is 16.3. The van der Waals surface area contributed by atoms with Gasteiger partial charge in [-0.05, 0) is 44.4 Å². The van der Waals surface area contributed by atoms with Crippen LogP contribution in [0.15, 0.2) is 18.2 Å². The van der Waals surface area contributed by atoms with Crippen LogP contribution in [0, 0.1) is 0 Å². The quantitative estimate of drug-likeness (QED) is 0.713. The summed E-state index contributed by atoms with van der Waals surface area (Å²) >= 11 is 0. The van der Waals surface area contributed by atoms with Crippen molar-refractivity contribution in [1.82, 2.24) is 5.32 Å². The van der Waals surface area contributed by atoms with Gasteiger partial charge in [0.25, 0.3) is 5.91 Å². The molecule has 5 heteroatoms. The van der Waals surface area contributed by atoms with Crippen molar-refractivity contribution in [3.8, 4) is 0 Å². The molecular weight excluding hydrogens is 254 g/mol. The second-order valence-corrected chi connectivity index (χ2v) is 5.69. The summed E-state index contributed by atoms with van der Waals surface area (Å²) in [5, 5.41) is 12.7. The van der Waals surface area contributed by atoms with Gasteiger partial charge >= 0.3 is 0 Å². The summed E-state index contributed by atoms with van der Waals surface area (Å²) in [6.45, 7) is 3.53. The molecule has 2 rings (SSSR count). The number of nitrogens with one attached hydrogen (secondary N) is 1. The molecule has 0 aromatic heterocycles. The van der Waals surface area contributed by atoms with Crippen molar-refractivity contribution in [2.75, 3.05) is 30.8 Å². The number of hydrogen-bond donors (Lipinski definition) is 3. The van der Waals surface area contributed by atoms with Crippen LogP contribution < -0.4 is 16.0 Å². The van der Waals surface area contributed by atoms with E-state index in [0.29, 0.717) is 11.3 Å². The van der Waals surface area contributed by atoms with Gasteiger partial charge in [0.1, 0.15) is 0 Å². The number of benzene rings is 1. The summed E-state index contributed by atoms with van der Waals surface area (Å²) in [7, 11) is 1.60. The largest absolute Gasteiger partial charge is 0.397 e. The number of amides is 1. The second-order valence-electron chi connectivity index (χ2n) is 5.69. The number of nitrogen functional groups attached to an aromatic ring is 1. The fourth-order valence-corrected chi connectivity index (χ4v) is 2.63. The maximum absolute atomic E-state index is 11.6. The molecule has 1 unspecified atom stereocenters. The minimum absolute atomic E-state index is 0.137. The number of aliphatic hydroxyl groups is 1. The monoisotopic (exact) mass is 277 g/mol. The molecule has 1 aliphatic heterocycles. The highest BCUT2D eigenvalue weighted by Gasteiger charge is 2.25. The van der Waals surface area contributed by atoms with Gasteiger partial charge in [-0.15, -0.1) is 0 Å². The Hall–Kier alpha value is -1.75. The third-order valence-corrected chi connectivity index (χ3v) is 3.92. The van der Waals surface area contributed by atoms with Crippen molar-refractivity contribution in [1.29, 1.82) is 0 Å². The molecule has 5 nitrogen and oxygen atoms in total. The van der Waals surface area contributed by atoms with Crippen LogP contribution in [0.3, 0.4) is 0 Å². The Labute approximate surface area is 119 Å². The Morgan fingerprint density at radius 3 is 2.80 bits per heavy atom. The Kier molecular flexibility index (Phi) is 4.18. The van der Waals surface area contributed by atoms with Crippen LogP contribution in [0.2, 0.25) is 0 Å². The Morgan fingerprint density at radius 1 is 1.40 bits per heavy atom. The number of nitrogens with zero attached hydrogens (tertiary/aromatic N) is 1. The maximum atomic E-state index is 11.6. The van der Waals surface area contributed by atoms with Gasteiger partial charge < -0.3 is 21.1 Å². The lowest BCUT2D eigenvalue weighted by atomic mass is 9.98. The number of carbonyl (C=O) groups excluding carboxylic acids is 1. The molecule has 20 heavy (non-hydrogen) atoms. The van der Waals surface area contributed by atoms with Gasteiger partial charge in [-0.2, -0.15) is 0 Å². The van der Waals surface area contributed by atoms with E-state index in [-0.39, 0.29) is 5.91 Å². The first-order valence-electron chi connectivity index (χ1n) is 7.02. The van der Waals surface area contributed by atoms with Crippen LogP contribution in [0.1, 0.15) is 36.5 Å². The summed E-state index contributed by atoms with van der Waals surface area (Å²) in [6, 6.07) is 5.38. The first kappa shape index (κ1) is 14.7. The van der Waals surface area contributed by atoms with E-state index < -0.39 is 5.60 Å². The minimum atomic E-state index is -0.592. The number of nitrogens with two attached hydrogens (primary N) is 1. The van der Waals surface area contributed by atoms with Gasteiger partial charge in [0.2, 0.25) is 0 Å². The van der Waals surface area contributed by atoms with E-state index in [2.05, 4.69) is 10.2 Å². The molecule has 1 amide bonds. The third-order valence-electron chi connectivity index (χ3n) is 3.92. The molecule has 1 aromatic rings. The predicted octanol–water partition coefficient (Wildman–Crippen LogP) is 1.37. The first-order chi connectivity index (χ1) is 9.43. The van der Waals surface area contributed by atoms with Gasteiger partial charge in [0.15, 0.2) is 0 Å². The van der Waals surface area contributed by atoms with Gasteiger partial charge in [-0.3, -0.25) is 4.79 Å². The molecular formula is C15H23N3O2. The molecule has 0 radical (unpaired) electrons. The van der Waals surface area contributed by atoms with Crippen LogP contribution in [-0.4, -0.2) is 36.8 Å². The molecule has 0 saturated carbocycles. The van der Waals surface area contributed by atoms with Crippen LogP contribution >= 0.6 is 0 Å². The summed E-state index contributed by atoms with van der Waals surface area (Å²) in [5.41, 5.74) is 7.60. The van der Waals surface area contributed by atoms with E-state index in [1.54, 1.807) is 19.2 Å². The minimum Gasteiger partial charge on any atom is -0.397 e. The zero-order valence-corrected chi connectivity index (χ0v) is 12.1. The molecule has 0 bridgehead atoms. The molecule has 0 aliphatic carbocycles. The van der Waals surface area contributed by atoms with Crippen molar-refractivity contribution < 1.29 is 9.90 Å². The number of anilines is 2. The lowest BCUT2D eigenvalue weighted by Gasteiger charge is -2.25. The van der Waals surface area contributed by atoms with Crippen molar-refractivity contribution >= 4 is 17.3 Å². The van der Waals surface area contributed by atoms with Gasteiger partial charge in [-0.25, -0.2) is 0 Å². The third kappa shape index (κ3) is 3.22. The van der Waals surface area contributed by atoms with Crippen LogP contribution in [0.25, 0.3) is 0 Å². The zero-order valence-electron chi connectivity index (χ0n) is 12.1. The van der Waals surface area contributed by atoms with Crippen LogP contribution in [0.5, 0.6) is 0 Å². The normalized spacial score (nSPS) is 23.2. The van der Waals surface area contributed by atoms with Crippen molar-refractivity contribution in [2.24, 2.45) is 0 Å². The molecule has 1 fully saturated rings. The number of carbonyl (C=O) groups is 1. The average molecular weight is 277 g/mol. The lowest BCUT2D eigenvalue weighted by molar-refractivity contribution is 0.0481. The van der Waals surface area contributed by atoms with Gasteiger partial charge in [0.05, 0.1) is 17.0 Å². The van der Waals surface area contributed by atoms with Crippen molar-refractivity contribution in [3.05, 3.63) is 23.8 Å². The molecule has 110 valence electrons. The average Bonchev–Trinajstić information content (AvgIpc) is 2.59. The van der Waals surface area contributed by atoms with Crippen LogP contribution in [-0.2, 0) is 0 Å². The molecule has 1 heterocycles. The summed E-state index contributed by atoms with van der Waals surface area (Å²) in [5.74, 6) is -0.137. The van der Waals surface area contributed by atoms with Gasteiger partial charge in [0, 0.05) is 25.7 Å². The highest BCUT2D eigenvalue weighted by Crippen LogP contribution is 2.29. The zero-order chi connectivity index (χ0) is 14.8. The summed E-state index contributed by atoms with van der Waals surface area (Å²) < 4.78 is 0. The van der Waals surface area contributed by atoms with E-state index in [1.165, 1.54) is 0 Å². The molecule has 0 spiro atoms. The number of hydrogen-bond acceptors (Lipinski definition) is 4. The summed E-state index contributed by atoms with van der Waals surface area (Å²) in [4.78, 5) is 13.8. The van der Waals surface area contributed by atoms with Crippen molar-refractivity contribution in [3.63, 3.8) is 0 Å². The molecule has 1 atom stereocenters. The van der Waals surface area contributed by atoms with E-state index in [9.17, 15) is 9.90 Å². The Balaban J connectivity index is 2.18. The Bertz CT molecular complexity index is 500. The van der Waals surface area contributed by atoms with E-state index in [0.717, 1.165) is 38.0 Å². The maximum Gasteiger partial charge on any atom is 0.251 e. The predicted molar refractivity (Wildman–Crippen MR) is 80.9 cm³/mol. The van der Waals surface area contributed by atoms with Gasteiger partial charge in [-0.1, -0.05) is 0 Å². The SMILES string of the molecule is CNC(=O)c1ccc(N2CCCC(C)(O)CC2)c(N)c1. The lowest BCUT2D eigenvalue weighted by Crippen LogP contribution is -2.29. The highest BCUT2D eigenvalue weighted by molar-refractivity contribution is 5.96. The fraction of sp³-hybridized carbons (Fsp3) is 0.533. The molecule has 1 aromatic carbocycles. The van der Waals surface area contributed by atoms with E-state index >= 15 is 0 Å². The standard InChI is InChI=1S/C15H23N3O2/c1-15(20)6-3-8-18(9-7-15)13-5-4-11(10-12(13)16)14(19)17-2/h4-5,10,20H,3,6-9,16H2,1-2H3,(H,17,19). The molecule has 4 N–H and O–H groups in total. The first-order valence-corrected chi connectivity index (χ1v) is 7.02. The number of rotatable bonds is 2. The molecule has 1 aliphatic rings. The molecule has 1 saturated heterocycles. The topological polar surface area (TPSA) is 78.6 Å². The fourth-order valence-electron chi connectivity index (χ4n) is 2.63. The van der Waals surface area contributed by atoms with E-state index in [4.69, 9.17) is 5.73 Å². The van der Waals surface area contributed by atoms with Crippen molar-refractivity contribution in [2.45, 2.75) is 31.8 Å². The van der Waals surface area contributed by atoms with Crippen LogP contribution in [0.4, 0.5) is 11.4 Å². The Morgan fingerprint density at radius 2 is 2.15 bits per heavy atom. The smallest absolute Gasteiger partial charge is 0.251 e. The second kappa shape index (κ2) is 5.71. The van der Waals surface area contributed by atoms with E-state index in [1.807, 2.05) is 13.0 Å².